The molecule has 0 aliphatic carbocycles. The van der Waals surface area contributed by atoms with Crippen molar-refractivity contribution < 1.29 is 14.1 Å². The molecular formula is C11H12Cl2O3S. The molecule has 0 heterocycles. The summed E-state index contributed by atoms with van der Waals surface area (Å²) in [6.45, 7) is 2.84. The number of aliphatic carboxylic acids is 1. The summed E-state index contributed by atoms with van der Waals surface area (Å²) >= 11 is 11.8. The van der Waals surface area contributed by atoms with Crippen molar-refractivity contribution in [1.82, 2.24) is 0 Å². The predicted octanol–water partition coefficient (Wildman–Crippen LogP) is 3.11. The number of hydrogen-bond acceptors (Lipinski definition) is 2. The van der Waals surface area contributed by atoms with Crippen molar-refractivity contribution in [3.8, 4) is 0 Å². The molecule has 0 amide bonds. The molecule has 1 N–H and O–H groups in total. The van der Waals surface area contributed by atoms with E-state index in [1.807, 2.05) is 0 Å². The maximum absolute atomic E-state index is 12.0. The predicted molar refractivity (Wildman–Crippen MR) is 70.0 cm³/mol. The summed E-state index contributed by atoms with van der Waals surface area (Å²) in [6, 6.07) is 5.00. The van der Waals surface area contributed by atoms with Gasteiger partial charge in [-0.05, 0) is 25.5 Å². The van der Waals surface area contributed by atoms with Gasteiger partial charge >= 0.3 is 5.97 Å². The Labute approximate surface area is 112 Å². The third-order valence-electron chi connectivity index (χ3n) is 2.40. The van der Waals surface area contributed by atoms with Crippen LogP contribution in [0.2, 0.25) is 10.0 Å². The highest BCUT2D eigenvalue weighted by atomic mass is 35.5. The second kappa shape index (κ2) is 5.38. The number of carboxylic acids is 1. The van der Waals surface area contributed by atoms with E-state index >= 15 is 0 Å². The largest absolute Gasteiger partial charge is 0.480 e. The molecule has 3 nitrogen and oxygen atoms in total. The SMILES string of the molecule is CC(C)(C(=O)O)S(=O)Cc1cccc(Cl)c1Cl. The van der Waals surface area contributed by atoms with Crippen molar-refractivity contribution >= 4 is 40.0 Å². The number of carbonyl (C=O) groups is 1. The summed E-state index contributed by atoms with van der Waals surface area (Å²) in [4.78, 5) is 11.0. The van der Waals surface area contributed by atoms with Crippen LogP contribution in [0.3, 0.4) is 0 Å². The van der Waals surface area contributed by atoms with E-state index in [9.17, 15) is 9.00 Å². The van der Waals surface area contributed by atoms with Gasteiger partial charge in [-0.2, -0.15) is 0 Å². The molecule has 0 saturated heterocycles. The van der Waals surface area contributed by atoms with Crippen LogP contribution in [0.25, 0.3) is 0 Å². The molecule has 1 aromatic rings. The Hall–Kier alpha value is -0.580. The average Bonchev–Trinajstić information content (AvgIpc) is 2.24. The van der Waals surface area contributed by atoms with Crippen LogP contribution in [-0.4, -0.2) is 20.0 Å². The van der Waals surface area contributed by atoms with Crippen molar-refractivity contribution in [2.75, 3.05) is 0 Å². The van der Waals surface area contributed by atoms with Gasteiger partial charge in [0, 0.05) is 10.8 Å². The van der Waals surface area contributed by atoms with E-state index in [-0.39, 0.29) is 5.75 Å². The molecule has 0 bridgehead atoms. The monoisotopic (exact) mass is 294 g/mol. The molecule has 0 radical (unpaired) electrons. The fourth-order valence-corrected chi connectivity index (χ4v) is 2.62. The highest BCUT2D eigenvalue weighted by Gasteiger charge is 2.34. The first kappa shape index (κ1) is 14.5. The van der Waals surface area contributed by atoms with E-state index in [1.165, 1.54) is 13.8 Å². The minimum atomic E-state index is -1.57. The number of rotatable bonds is 4. The molecule has 6 heteroatoms. The van der Waals surface area contributed by atoms with Crippen molar-refractivity contribution in [3.63, 3.8) is 0 Å². The Morgan fingerprint density at radius 1 is 1.41 bits per heavy atom. The molecule has 0 aromatic heterocycles. The Kier molecular flexibility index (Phi) is 4.58. The lowest BCUT2D eigenvalue weighted by atomic mass is 10.2. The fourth-order valence-electron chi connectivity index (χ4n) is 1.08. The van der Waals surface area contributed by atoms with Crippen molar-refractivity contribution in [2.24, 2.45) is 0 Å². The first-order valence-corrected chi connectivity index (χ1v) is 6.89. The molecule has 0 saturated carbocycles. The summed E-state index contributed by atoms with van der Waals surface area (Å²) in [5.74, 6) is -1.03. The van der Waals surface area contributed by atoms with Gasteiger partial charge in [-0.25, -0.2) is 0 Å². The van der Waals surface area contributed by atoms with Crippen LogP contribution < -0.4 is 0 Å². The first-order chi connectivity index (χ1) is 7.76. The Balaban J connectivity index is 2.97. The Morgan fingerprint density at radius 3 is 2.53 bits per heavy atom. The number of hydrogen-bond donors (Lipinski definition) is 1. The van der Waals surface area contributed by atoms with E-state index < -0.39 is 21.5 Å². The third kappa shape index (κ3) is 3.21. The van der Waals surface area contributed by atoms with Gasteiger partial charge < -0.3 is 5.11 Å². The normalized spacial score (nSPS) is 13.4. The second-order valence-electron chi connectivity index (χ2n) is 4.02. The van der Waals surface area contributed by atoms with Gasteiger partial charge in [0.25, 0.3) is 0 Å². The number of halogens is 2. The van der Waals surface area contributed by atoms with Gasteiger partial charge in [-0.3, -0.25) is 9.00 Å². The van der Waals surface area contributed by atoms with Crippen LogP contribution in [0.15, 0.2) is 18.2 Å². The van der Waals surface area contributed by atoms with E-state index in [0.29, 0.717) is 15.6 Å². The standard InChI is InChI=1S/C11H12Cl2O3S/c1-11(2,10(14)15)17(16)6-7-4-3-5-8(12)9(7)13/h3-5H,6H2,1-2H3,(H,14,15). The second-order valence-corrected chi connectivity index (χ2v) is 6.80. The molecule has 0 spiro atoms. The number of carboxylic acid groups (broad SMARTS) is 1. The molecule has 0 aliphatic heterocycles. The summed E-state index contributed by atoms with van der Waals surface area (Å²) in [5.41, 5.74) is 0.590. The molecule has 1 rings (SSSR count). The van der Waals surface area contributed by atoms with Gasteiger partial charge in [-0.1, -0.05) is 35.3 Å². The highest BCUT2D eigenvalue weighted by Crippen LogP contribution is 2.28. The van der Waals surface area contributed by atoms with Crippen LogP contribution in [0.4, 0.5) is 0 Å². The highest BCUT2D eigenvalue weighted by molar-refractivity contribution is 7.86. The summed E-state index contributed by atoms with van der Waals surface area (Å²) in [5, 5.41) is 9.65. The molecule has 94 valence electrons. The maximum Gasteiger partial charge on any atom is 0.321 e. The minimum absolute atomic E-state index is 0.0681. The lowest BCUT2D eigenvalue weighted by molar-refractivity contribution is -0.139. The van der Waals surface area contributed by atoms with E-state index in [0.717, 1.165) is 0 Å². The molecular weight excluding hydrogens is 283 g/mol. The lowest BCUT2D eigenvalue weighted by Crippen LogP contribution is -2.37. The fraction of sp³-hybridized carbons (Fsp3) is 0.364. The molecule has 1 atom stereocenters. The van der Waals surface area contributed by atoms with Crippen LogP contribution >= 0.6 is 23.2 Å². The van der Waals surface area contributed by atoms with Crippen molar-refractivity contribution in [3.05, 3.63) is 33.8 Å². The quantitative estimate of drug-likeness (QED) is 0.928. The summed E-state index contributed by atoms with van der Waals surface area (Å²) in [7, 11) is -1.57. The molecule has 17 heavy (non-hydrogen) atoms. The van der Waals surface area contributed by atoms with Crippen molar-refractivity contribution in [2.45, 2.75) is 24.3 Å². The van der Waals surface area contributed by atoms with E-state index in [2.05, 4.69) is 0 Å². The maximum atomic E-state index is 12.0. The zero-order chi connectivity index (χ0) is 13.2. The first-order valence-electron chi connectivity index (χ1n) is 4.81. The average molecular weight is 295 g/mol. The van der Waals surface area contributed by atoms with Crippen LogP contribution in [-0.2, 0) is 21.3 Å². The van der Waals surface area contributed by atoms with Crippen LogP contribution in [0.5, 0.6) is 0 Å². The minimum Gasteiger partial charge on any atom is -0.480 e. The van der Waals surface area contributed by atoms with Gasteiger partial charge in [0.15, 0.2) is 0 Å². The Morgan fingerprint density at radius 2 is 2.00 bits per heavy atom. The van der Waals surface area contributed by atoms with Crippen LogP contribution in [0.1, 0.15) is 19.4 Å². The lowest BCUT2D eigenvalue weighted by Gasteiger charge is -2.18. The molecule has 0 fully saturated rings. The molecule has 0 aliphatic rings. The molecule has 1 unspecified atom stereocenters. The Bertz CT molecular complexity index is 472. The molecule has 1 aromatic carbocycles. The van der Waals surface area contributed by atoms with Crippen molar-refractivity contribution in [1.29, 1.82) is 0 Å². The number of benzene rings is 1. The van der Waals surface area contributed by atoms with E-state index in [4.69, 9.17) is 28.3 Å². The summed E-state index contributed by atoms with van der Waals surface area (Å²) < 4.78 is 10.7. The van der Waals surface area contributed by atoms with E-state index in [1.54, 1.807) is 18.2 Å². The van der Waals surface area contributed by atoms with Gasteiger partial charge in [0.1, 0.15) is 4.75 Å². The van der Waals surface area contributed by atoms with Gasteiger partial charge in [0.05, 0.1) is 15.8 Å². The zero-order valence-electron chi connectivity index (χ0n) is 9.37. The summed E-state index contributed by atoms with van der Waals surface area (Å²) in [6.07, 6.45) is 0. The topological polar surface area (TPSA) is 54.4 Å². The third-order valence-corrected chi connectivity index (χ3v) is 5.15. The van der Waals surface area contributed by atoms with Gasteiger partial charge in [0.2, 0.25) is 0 Å². The zero-order valence-corrected chi connectivity index (χ0v) is 11.7. The van der Waals surface area contributed by atoms with Crippen LogP contribution in [0, 0.1) is 0 Å². The smallest absolute Gasteiger partial charge is 0.321 e. The van der Waals surface area contributed by atoms with Gasteiger partial charge in [-0.15, -0.1) is 0 Å².